The third kappa shape index (κ3) is 2.12. The van der Waals surface area contributed by atoms with Crippen molar-refractivity contribution in [1.29, 1.82) is 0 Å². The quantitative estimate of drug-likeness (QED) is 0.677. The molecule has 1 heterocycles. The Morgan fingerprint density at radius 3 is 2.55 bits per heavy atom. The average molecular weight is 284 g/mol. The second-order valence-electron chi connectivity index (χ2n) is 4.40. The highest BCUT2D eigenvalue weighted by atomic mass is 35.5. The second kappa shape index (κ2) is 4.94. The standard InChI is InChI=1S/C16H10ClNO2/c17-12-7-4-8-13-15(12)11(16(20)18-13)9-14(19)10-5-2-1-3-6-10/h1-9H,(H,18,20). The molecule has 1 amide bonds. The summed E-state index contributed by atoms with van der Waals surface area (Å²) in [5.74, 6) is -0.527. The molecule has 2 aromatic carbocycles. The van der Waals surface area contributed by atoms with E-state index in [1.165, 1.54) is 6.08 Å². The predicted octanol–water partition coefficient (Wildman–Crippen LogP) is 3.56. The molecule has 0 radical (unpaired) electrons. The fourth-order valence-electron chi connectivity index (χ4n) is 2.16. The fourth-order valence-corrected chi connectivity index (χ4v) is 2.44. The smallest absolute Gasteiger partial charge is 0.256 e. The van der Waals surface area contributed by atoms with Crippen molar-refractivity contribution in [2.24, 2.45) is 0 Å². The number of allylic oxidation sites excluding steroid dienone is 1. The van der Waals surface area contributed by atoms with Gasteiger partial charge >= 0.3 is 0 Å². The van der Waals surface area contributed by atoms with E-state index in [2.05, 4.69) is 5.32 Å². The minimum Gasteiger partial charge on any atom is -0.321 e. The molecule has 0 unspecified atom stereocenters. The van der Waals surface area contributed by atoms with Gasteiger partial charge in [-0.05, 0) is 18.2 Å². The lowest BCUT2D eigenvalue weighted by Crippen LogP contribution is -2.06. The number of benzene rings is 2. The predicted molar refractivity (Wildman–Crippen MR) is 78.8 cm³/mol. The molecule has 3 nitrogen and oxygen atoms in total. The van der Waals surface area contributed by atoms with Crippen LogP contribution in [0.15, 0.2) is 54.6 Å². The molecule has 3 rings (SSSR count). The van der Waals surface area contributed by atoms with E-state index >= 15 is 0 Å². The molecular formula is C16H10ClNO2. The van der Waals surface area contributed by atoms with Crippen LogP contribution < -0.4 is 5.32 Å². The number of hydrogen-bond donors (Lipinski definition) is 1. The van der Waals surface area contributed by atoms with Gasteiger partial charge in [0.15, 0.2) is 5.78 Å². The molecule has 0 aromatic heterocycles. The van der Waals surface area contributed by atoms with Gasteiger partial charge in [0.25, 0.3) is 5.91 Å². The molecule has 0 aliphatic carbocycles. The summed E-state index contributed by atoms with van der Waals surface area (Å²) < 4.78 is 0. The first-order valence-corrected chi connectivity index (χ1v) is 6.46. The van der Waals surface area contributed by atoms with E-state index in [1.54, 1.807) is 42.5 Å². The van der Waals surface area contributed by atoms with Crippen LogP contribution in [-0.4, -0.2) is 11.7 Å². The molecule has 0 spiro atoms. The number of ketones is 1. The lowest BCUT2D eigenvalue weighted by Gasteiger charge is -2.01. The highest BCUT2D eigenvalue weighted by molar-refractivity contribution is 6.41. The van der Waals surface area contributed by atoms with Crippen LogP contribution in [0.4, 0.5) is 5.69 Å². The van der Waals surface area contributed by atoms with E-state index < -0.39 is 0 Å². The third-order valence-electron chi connectivity index (χ3n) is 3.11. The highest BCUT2D eigenvalue weighted by Crippen LogP contribution is 2.37. The minimum absolute atomic E-state index is 0.219. The summed E-state index contributed by atoms with van der Waals surface area (Å²) in [6.45, 7) is 0. The van der Waals surface area contributed by atoms with Crippen molar-refractivity contribution >= 4 is 34.6 Å². The SMILES string of the molecule is O=C1Nc2cccc(Cl)c2C1=CC(=O)c1ccccc1. The van der Waals surface area contributed by atoms with Crippen molar-refractivity contribution < 1.29 is 9.59 Å². The number of hydrogen-bond acceptors (Lipinski definition) is 2. The number of carbonyl (C=O) groups is 2. The summed E-state index contributed by atoms with van der Waals surface area (Å²) in [6.07, 6.45) is 1.34. The van der Waals surface area contributed by atoms with Crippen LogP contribution in [0.2, 0.25) is 5.02 Å². The summed E-state index contributed by atoms with van der Waals surface area (Å²) in [4.78, 5) is 24.1. The molecule has 98 valence electrons. The van der Waals surface area contributed by atoms with Gasteiger partial charge in [-0.3, -0.25) is 9.59 Å². The summed E-state index contributed by atoms with van der Waals surface area (Å²) in [7, 11) is 0. The van der Waals surface area contributed by atoms with Crippen LogP contribution in [0.5, 0.6) is 0 Å². The summed E-state index contributed by atoms with van der Waals surface area (Å²) >= 11 is 6.11. The molecule has 1 aliphatic rings. The Balaban J connectivity index is 2.06. The van der Waals surface area contributed by atoms with E-state index in [-0.39, 0.29) is 11.7 Å². The van der Waals surface area contributed by atoms with Crippen LogP contribution in [0, 0.1) is 0 Å². The lowest BCUT2D eigenvalue weighted by molar-refractivity contribution is -0.110. The zero-order valence-corrected chi connectivity index (χ0v) is 11.1. The van der Waals surface area contributed by atoms with Gasteiger partial charge in [0.1, 0.15) is 0 Å². The van der Waals surface area contributed by atoms with E-state index in [0.29, 0.717) is 27.4 Å². The first kappa shape index (κ1) is 12.6. The number of halogens is 1. The average Bonchev–Trinajstić information content (AvgIpc) is 2.77. The molecule has 1 N–H and O–H groups in total. The molecule has 1 aliphatic heterocycles. The van der Waals surface area contributed by atoms with Crippen LogP contribution >= 0.6 is 11.6 Å². The van der Waals surface area contributed by atoms with E-state index in [1.807, 2.05) is 6.07 Å². The highest BCUT2D eigenvalue weighted by Gasteiger charge is 2.27. The number of rotatable bonds is 2. The first-order valence-electron chi connectivity index (χ1n) is 6.08. The molecule has 20 heavy (non-hydrogen) atoms. The molecule has 0 fully saturated rings. The molecule has 0 saturated heterocycles. The van der Waals surface area contributed by atoms with Crippen LogP contribution in [0.1, 0.15) is 15.9 Å². The first-order chi connectivity index (χ1) is 9.66. The van der Waals surface area contributed by atoms with Crippen molar-refractivity contribution in [2.45, 2.75) is 0 Å². The molecule has 0 bridgehead atoms. The molecular weight excluding hydrogens is 274 g/mol. The van der Waals surface area contributed by atoms with Gasteiger partial charge in [0, 0.05) is 11.1 Å². The summed E-state index contributed by atoms with van der Waals surface area (Å²) in [5, 5.41) is 3.15. The molecule has 4 heteroatoms. The van der Waals surface area contributed by atoms with Crippen molar-refractivity contribution in [3.05, 3.63) is 70.8 Å². The van der Waals surface area contributed by atoms with Crippen LogP contribution in [0.3, 0.4) is 0 Å². The monoisotopic (exact) mass is 283 g/mol. The van der Waals surface area contributed by atoms with Crippen molar-refractivity contribution in [3.63, 3.8) is 0 Å². The maximum absolute atomic E-state index is 12.2. The molecule has 2 aromatic rings. The lowest BCUT2D eigenvalue weighted by atomic mass is 10.0. The Bertz CT molecular complexity index is 735. The van der Waals surface area contributed by atoms with Gasteiger partial charge in [0.2, 0.25) is 0 Å². The maximum Gasteiger partial charge on any atom is 0.256 e. The molecule has 0 atom stereocenters. The van der Waals surface area contributed by atoms with E-state index in [0.717, 1.165) is 0 Å². The molecule has 0 saturated carbocycles. The van der Waals surface area contributed by atoms with Crippen LogP contribution in [-0.2, 0) is 4.79 Å². The topological polar surface area (TPSA) is 46.2 Å². The number of carbonyl (C=O) groups excluding carboxylic acids is 2. The van der Waals surface area contributed by atoms with Gasteiger partial charge in [-0.25, -0.2) is 0 Å². The number of nitrogens with one attached hydrogen (secondary N) is 1. The number of fused-ring (bicyclic) bond motifs is 1. The van der Waals surface area contributed by atoms with Crippen molar-refractivity contribution in [3.8, 4) is 0 Å². The third-order valence-corrected chi connectivity index (χ3v) is 3.42. The summed E-state index contributed by atoms with van der Waals surface area (Å²) in [6, 6.07) is 14.0. The van der Waals surface area contributed by atoms with E-state index in [4.69, 9.17) is 11.6 Å². The van der Waals surface area contributed by atoms with Gasteiger partial charge in [0.05, 0.1) is 16.3 Å². The van der Waals surface area contributed by atoms with Crippen molar-refractivity contribution in [1.82, 2.24) is 0 Å². The normalized spacial score (nSPS) is 15.1. The van der Waals surface area contributed by atoms with E-state index in [9.17, 15) is 9.59 Å². The Hall–Kier alpha value is -2.39. The Kier molecular flexibility index (Phi) is 3.12. The second-order valence-corrected chi connectivity index (χ2v) is 4.81. The fraction of sp³-hybridized carbons (Fsp3) is 0. The Labute approximate surface area is 120 Å². The zero-order chi connectivity index (χ0) is 14.1. The minimum atomic E-state index is -0.308. The van der Waals surface area contributed by atoms with Gasteiger partial charge in [-0.1, -0.05) is 48.0 Å². The zero-order valence-electron chi connectivity index (χ0n) is 10.4. The number of amides is 1. The van der Waals surface area contributed by atoms with Gasteiger partial charge in [-0.2, -0.15) is 0 Å². The summed E-state index contributed by atoms with van der Waals surface area (Å²) in [5.41, 5.74) is 2.06. The van der Waals surface area contributed by atoms with Crippen molar-refractivity contribution in [2.75, 3.05) is 5.32 Å². The van der Waals surface area contributed by atoms with Gasteiger partial charge in [-0.15, -0.1) is 0 Å². The maximum atomic E-state index is 12.2. The Morgan fingerprint density at radius 2 is 1.80 bits per heavy atom. The van der Waals surface area contributed by atoms with Crippen LogP contribution in [0.25, 0.3) is 5.57 Å². The van der Waals surface area contributed by atoms with Gasteiger partial charge < -0.3 is 5.32 Å². The largest absolute Gasteiger partial charge is 0.321 e. The number of anilines is 1. The Morgan fingerprint density at radius 1 is 1.05 bits per heavy atom.